The maximum atomic E-state index is 12.7. The van der Waals surface area contributed by atoms with Gasteiger partial charge in [0, 0.05) is 37.9 Å². The number of carbonyl (C=O) groups is 1. The molecule has 0 saturated carbocycles. The van der Waals surface area contributed by atoms with Crippen LogP contribution in [-0.2, 0) is 11.2 Å². The number of rotatable bonds is 9. The average Bonchev–Trinajstić information content (AvgIpc) is 3.69. The van der Waals surface area contributed by atoms with Gasteiger partial charge in [-0.2, -0.15) is 5.10 Å². The largest absolute Gasteiger partial charge is 0.462 e. The van der Waals surface area contributed by atoms with Crippen molar-refractivity contribution in [3.05, 3.63) is 132 Å². The first-order chi connectivity index (χ1) is 19.7. The minimum atomic E-state index is -0.0176. The quantitative estimate of drug-likeness (QED) is 0.285. The third-order valence-electron chi connectivity index (χ3n) is 7.38. The lowest BCUT2D eigenvalue weighted by Gasteiger charge is -2.39. The predicted molar refractivity (Wildman–Crippen MR) is 156 cm³/mol. The van der Waals surface area contributed by atoms with Gasteiger partial charge in [-0.15, -0.1) is 0 Å². The summed E-state index contributed by atoms with van der Waals surface area (Å²) in [4.78, 5) is 17.6. The maximum absolute atomic E-state index is 12.7. The SMILES string of the molecule is O=C(Cc1coc(-c2ccn(-c3ccccc3)n2)c1)NCN1CCN(C(c2ccccc2)c2ccccc2)CC1. The second-order valence-electron chi connectivity index (χ2n) is 10.1. The molecule has 1 fully saturated rings. The second kappa shape index (κ2) is 12.2. The molecular weight excluding hydrogens is 498 g/mol. The Morgan fingerprint density at radius 1 is 0.825 bits per heavy atom. The molecule has 3 heterocycles. The summed E-state index contributed by atoms with van der Waals surface area (Å²) in [6, 6.07) is 35.4. The molecule has 5 aromatic rings. The maximum Gasteiger partial charge on any atom is 0.225 e. The fourth-order valence-corrected chi connectivity index (χ4v) is 5.29. The Bertz CT molecular complexity index is 1470. The summed E-state index contributed by atoms with van der Waals surface area (Å²) >= 11 is 0. The Kier molecular flexibility index (Phi) is 7.84. The molecule has 0 radical (unpaired) electrons. The van der Waals surface area contributed by atoms with Crippen LogP contribution < -0.4 is 5.32 Å². The fourth-order valence-electron chi connectivity index (χ4n) is 5.29. The highest BCUT2D eigenvalue weighted by atomic mass is 16.3. The van der Waals surface area contributed by atoms with Crippen molar-refractivity contribution >= 4 is 5.91 Å². The molecule has 0 bridgehead atoms. The van der Waals surface area contributed by atoms with Crippen LogP contribution in [0, 0.1) is 0 Å². The Morgan fingerprint density at radius 2 is 1.45 bits per heavy atom. The van der Waals surface area contributed by atoms with E-state index in [1.807, 2.05) is 53.3 Å². The number of aromatic nitrogens is 2. The zero-order valence-electron chi connectivity index (χ0n) is 22.4. The van der Waals surface area contributed by atoms with Crippen LogP contribution >= 0.6 is 0 Å². The first kappa shape index (κ1) is 25.8. The summed E-state index contributed by atoms with van der Waals surface area (Å²) in [5.74, 6) is 0.635. The molecule has 0 spiro atoms. The van der Waals surface area contributed by atoms with E-state index in [0.29, 0.717) is 12.4 Å². The van der Waals surface area contributed by atoms with Crippen molar-refractivity contribution in [1.29, 1.82) is 0 Å². The van der Waals surface area contributed by atoms with Crippen molar-refractivity contribution in [2.75, 3.05) is 32.8 Å². The van der Waals surface area contributed by atoms with Crippen molar-refractivity contribution < 1.29 is 9.21 Å². The minimum Gasteiger partial charge on any atom is -0.462 e. The molecule has 0 atom stereocenters. The first-order valence-electron chi connectivity index (χ1n) is 13.7. The van der Waals surface area contributed by atoms with E-state index < -0.39 is 0 Å². The summed E-state index contributed by atoms with van der Waals surface area (Å²) in [5.41, 5.74) is 5.16. The van der Waals surface area contributed by atoms with Gasteiger partial charge in [0.05, 0.1) is 31.1 Å². The number of amides is 1. The van der Waals surface area contributed by atoms with Crippen molar-refractivity contribution in [1.82, 2.24) is 24.9 Å². The van der Waals surface area contributed by atoms with Crippen molar-refractivity contribution in [3.8, 4) is 17.1 Å². The van der Waals surface area contributed by atoms with Crippen LogP contribution in [0.1, 0.15) is 22.7 Å². The van der Waals surface area contributed by atoms with Crippen molar-refractivity contribution in [2.24, 2.45) is 0 Å². The molecule has 202 valence electrons. The van der Waals surface area contributed by atoms with E-state index in [4.69, 9.17) is 4.42 Å². The number of hydrogen-bond donors (Lipinski definition) is 1. The van der Waals surface area contributed by atoms with E-state index in [2.05, 4.69) is 80.9 Å². The predicted octanol–water partition coefficient (Wildman–Crippen LogP) is 5.16. The topological polar surface area (TPSA) is 66.5 Å². The number of carbonyl (C=O) groups excluding carboxylic acids is 1. The van der Waals surface area contributed by atoms with E-state index in [9.17, 15) is 4.79 Å². The van der Waals surface area contributed by atoms with Crippen LogP contribution in [0.2, 0.25) is 0 Å². The summed E-state index contributed by atoms with van der Waals surface area (Å²) < 4.78 is 7.54. The average molecular weight is 532 g/mol. The van der Waals surface area contributed by atoms with Gasteiger partial charge in [-0.1, -0.05) is 78.9 Å². The van der Waals surface area contributed by atoms with Gasteiger partial charge in [0.15, 0.2) is 5.76 Å². The number of piperazine rings is 1. The third kappa shape index (κ3) is 6.06. The second-order valence-corrected chi connectivity index (χ2v) is 10.1. The Morgan fingerprint density at radius 3 is 2.10 bits per heavy atom. The molecule has 0 aliphatic carbocycles. The number of nitrogens with one attached hydrogen (secondary N) is 1. The normalized spacial score (nSPS) is 14.4. The molecular formula is C33H33N5O2. The van der Waals surface area contributed by atoms with Crippen LogP contribution in [-0.4, -0.2) is 58.3 Å². The van der Waals surface area contributed by atoms with Gasteiger partial charge in [0.1, 0.15) is 5.69 Å². The molecule has 7 heteroatoms. The minimum absolute atomic E-state index is 0.0176. The Labute approximate surface area is 234 Å². The molecule has 1 aliphatic heterocycles. The summed E-state index contributed by atoms with van der Waals surface area (Å²) in [7, 11) is 0. The molecule has 40 heavy (non-hydrogen) atoms. The fraction of sp³-hybridized carbons (Fsp3) is 0.212. The lowest BCUT2D eigenvalue weighted by atomic mass is 9.96. The lowest BCUT2D eigenvalue weighted by molar-refractivity contribution is -0.121. The molecule has 7 nitrogen and oxygen atoms in total. The van der Waals surface area contributed by atoms with E-state index in [0.717, 1.165) is 43.1 Å². The highest BCUT2D eigenvalue weighted by Crippen LogP contribution is 2.29. The third-order valence-corrected chi connectivity index (χ3v) is 7.38. The highest BCUT2D eigenvalue weighted by Gasteiger charge is 2.26. The monoisotopic (exact) mass is 531 g/mol. The smallest absolute Gasteiger partial charge is 0.225 e. The lowest BCUT2D eigenvalue weighted by Crippen LogP contribution is -2.51. The van der Waals surface area contributed by atoms with E-state index in [1.54, 1.807) is 6.26 Å². The standard InChI is InChI=1S/C33H33N5O2/c39-32(23-26-22-31(40-24-26)30-16-17-38(35-30)29-14-8-3-9-15-29)34-25-36-18-20-37(21-19-36)33(27-10-4-1-5-11-27)28-12-6-2-7-13-28/h1-17,22,24,33H,18-21,23,25H2,(H,34,39). The molecule has 0 unspecified atom stereocenters. The van der Waals surface area contributed by atoms with Crippen LogP contribution in [0.15, 0.2) is 120 Å². The molecule has 2 aromatic heterocycles. The molecule has 1 saturated heterocycles. The van der Waals surface area contributed by atoms with Gasteiger partial charge < -0.3 is 9.73 Å². The van der Waals surface area contributed by atoms with E-state index in [-0.39, 0.29) is 18.4 Å². The van der Waals surface area contributed by atoms with Crippen molar-refractivity contribution in [3.63, 3.8) is 0 Å². The molecule has 1 aliphatic rings. The van der Waals surface area contributed by atoms with E-state index in [1.165, 1.54) is 11.1 Å². The van der Waals surface area contributed by atoms with Gasteiger partial charge in [-0.25, -0.2) is 4.68 Å². The summed E-state index contributed by atoms with van der Waals surface area (Å²) in [5, 5.41) is 7.70. The first-order valence-corrected chi connectivity index (χ1v) is 13.7. The molecule has 1 N–H and O–H groups in total. The number of nitrogens with zero attached hydrogens (tertiary/aromatic N) is 4. The number of furan rings is 1. The number of para-hydroxylation sites is 1. The Hall–Kier alpha value is -4.46. The highest BCUT2D eigenvalue weighted by molar-refractivity contribution is 5.78. The number of benzene rings is 3. The summed E-state index contributed by atoms with van der Waals surface area (Å²) in [6.45, 7) is 4.21. The van der Waals surface area contributed by atoms with Crippen LogP contribution in [0.4, 0.5) is 0 Å². The van der Waals surface area contributed by atoms with Gasteiger partial charge in [0.2, 0.25) is 5.91 Å². The zero-order chi connectivity index (χ0) is 27.1. The van der Waals surface area contributed by atoms with Crippen molar-refractivity contribution in [2.45, 2.75) is 12.5 Å². The molecule has 3 aromatic carbocycles. The van der Waals surface area contributed by atoms with Gasteiger partial charge >= 0.3 is 0 Å². The summed E-state index contributed by atoms with van der Waals surface area (Å²) in [6.07, 6.45) is 3.82. The van der Waals surface area contributed by atoms with Crippen LogP contribution in [0.25, 0.3) is 17.1 Å². The van der Waals surface area contributed by atoms with Gasteiger partial charge in [0.25, 0.3) is 0 Å². The van der Waals surface area contributed by atoms with Crippen LogP contribution in [0.5, 0.6) is 0 Å². The number of hydrogen-bond acceptors (Lipinski definition) is 5. The zero-order valence-corrected chi connectivity index (χ0v) is 22.4. The van der Waals surface area contributed by atoms with Crippen LogP contribution in [0.3, 0.4) is 0 Å². The van der Waals surface area contributed by atoms with E-state index >= 15 is 0 Å². The Balaban J connectivity index is 1.00. The molecule has 1 amide bonds. The molecule has 6 rings (SSSR count). The van der Waals surface area contributed by atoms with Gasteiger partial charge in [-0.05, 0) is 35.4 Å². The van der Waals surface area contributed by atoms with Gasteiger partial charge in [-0.3, -0.25) is 14.6 Å².